The van der Waals surface area contributed by atoms with Crippen LogP contribution in [0.25, 0.3) is 0 Å². The van der Waals surface area contributed by atoms with E-state index in [1.807, 2.05) is 49.7 Å². The molecule has 0 fully saturated rings. The van der Waals surface area contributed by atoms with E-state index in [-0.39, 0.29) is 35.9 Å². The predicted octanol–water partition coefficient (Wildman–Crippen LogP) is 3.59. The van der Waals surface area contributed by atoms with Gasteiger partial charge in [-0.15, -0.1) is 34.2 Å². The third-order valence-electron chi connectivity index (χ3n) is 4.88. The third kappa shape index (κ3) is 8.19. The Bertz CT molecular complexity index is 1020. The lowest BCUT2D eigenvalue weighted by atomic mass is 10.2. The SMILES string of the molecule is COc1ccc(CN=C(NCc2nnc(C)n2C)NCC(C)Oc2ccc(F)cc2)cc1.I. The van der Waals surface area contributed by atoms with Crippen LogP contribution in [-0.4, -0.2) is 40.5 Å². The maximum Gasteiger partial charge on any atom is 0.192 e. The normalized spacial score (nSPS) is 12.0. The lowest BCUT2D eigenvalue weighted by Gasteiger charge is -2.18. The topological polar surface area (TPSA) is 85.6 Å². The molecule has 0 spiro atoms. The smallest absolute Gasteiger partial charge is 0.192 e. The molecule has 10 heteroatoms. The molecular weight excluding hydrogens is 538 g/mol. The van der Waals surface area contributed by atoms with Crippen molar-refractivity contribution >= 4 is 29.9 Å². The molecule has 178 valence electrons. The molecule has 1 heterocycles. The standard InChI is InChI=1S/C23H29FN6O2.HI/c1-16(32-21-11-7-19(24)8-12-21)13-25-23(27-15-22-29-28-17(2)30(22)3)26-14-18-5-9-20(31-4)10-6-18;/h5-12,16H,13-15H2,1-4H3,(H2,25,26,27);1H. The van der Waals surface area contributed by atoms with Gasteiger partial charge in [0.15, 0.2) is 11.8 Å². The number of aryl methyl sites for hydroxylation is 1. The number of hydrogen-bond donors (Lipinski definition) is 2. The fourth-order valence-corrected chi connectivity index (χ4v) is 2.87. The Morgan fingerprint density at radius 1 is 1.06 bits per heavy atom. The van der Waals surface area contributed by atoms with E-state index in [0.29, 0.717) is 31.3 Å². The summed E-state index contributed by atoms with van der Waals surface area (Å²) < 4.78 is 26.1. The highest BCUT2D eigenvalue weighted by atomic mass is 127. The van der Waals surface area contributed by atoms with Crippen molar-refractivity contribution in [2.45, 2.75) is 33.0 Å². The van der Waals surface area contributed by atoms with Gasteiger partial charge in [-0.2, -0.15) is 0 Å². The van der Waals surface area contributed by atoms with E-state index in [2.05, 4.69) is 25.8 Å². The molecule has 3 aromatic rings. The molecule has 0 saturated carbocycles. The molecule has 0 aliphatic heterocycles. The largest absolute Gasteiger partial charge is 0.497 e. The van der Waals surface area contributed by atoms with Gasteiger partial charge in [-0.1, -0.05) is 12.1 Å². The number of benzene rings is 2. The first-order valence-corrected chi connectivity index (χ1v) is 10.4. The average molecular weight is 568 g/mol. The van der Waals surface area contributed by atoms with Gasteiger partial charge < -0.3 is 24.7 Å². The summed E-state index contributed by atoms with van der Waals surface area (Å²) >= 11 is 0. The molecule has 1 unspecified atom stereocenters. The highest BCUT2D eigenvalue weighted by molar-refractivity contribution is 14.0. The molecule has 33 heavy (non-hydrogen) atoms. The molecule has 8 nitrogen and oxygen atoms in total. The fourth-order valence-electron chi connectivity index (χ4n) is 2.87. The van der Waals surface area contributed by atoms with Gasteiger partial charge in [0, 0.05) is 7.05 Å². The van der Waals surface area contributed by atoms with E-state index in [1.54, 1.807) is 19.2 Å². The number of ether oxygens (including phenoxy) is 2. The van der Waals surface area contributed by atoms with E-state index in [0.717, 1.165) is 23.0 Å². The Balaban J connectivity index is 0.00000385. The van der Waals surface area contributed by atoms with E-state index in [4.69, 9.17) is 9.47 Å². The number of aromatic nitrogens is 3. The summed E-state index contributed by atoms with van der Waals surface area (Å²) in [5.41, 5.74) is 1.05. The number of hydrogen-bond acceptors (Lipinski definition) is 5. The van der Waals surface area contributed by atoms with Crippen LogP contribution in [0.3, 0.4) is 0 Å². The van der Waals surface area contributed by atoms with E-state index in [9.17, 15) is 4.39 Å². The zero-order valence-corrected chi connectivity index (χ0v) is 21.5. The van der Waals surface area contributed by atoms with Crippen LogP contribution in [0.1, 0.15) is 24.1 Å². The molecule has 0 bridgehead atoms. The van der Waals surface area contributed by atoms with E-state index in [1.165, 1.54) is 12.1 Å². The highest BCUT2D eigenvalue weighted by Gasteiger charge is 2.09. The third-order valence-corrected chi connectivity index (χ3v) is 4.88. The van der Waals surface area contributed by atoms with Gasteiger partial charge in [0.2, 0.25) is 0 Å². The second-order valence-electron chi connectivity index (χ2n) is 7.35. The number of guanidine groups is 1. The van der Waals surface area contributed by atoms with Crippen molar-refractivity contribution in [2.75, 3.05) is 13.7 Å². The van der Waals surface area contributed by atoms with Crippen LogP contribution in [0, 0.1) is 12.7 Å². The summed E-state index contributed by atoms with van der Waals surface area (Å²) in [7, 11) is 3.56. The Hall–Kier alpha value is -2.89. The summed E-state index contributed by atoms with van der Waals surface area (Å²) in [4.78, 5) is 4.68. The molecule has 1 atom stereocenters. The van der Waals surface area contributed by atoms with Crippen LogP contribution >= 0.6 is 24.0 Å². The molecular formula is C23H30FIN6O2. The van der Waals surface area contributed by atoms with Crippen molar-refractivity contribution in [1.82, 2.24) is 25.4 Å². The number of nitrogens with zero attached hydrogens (tertiary/aromatic N) is 4. The quantitative estimate of drug-likeness (QED) is 0.233. The lowest BCUT2D eigenvalue weighted by molar-refractivity contribution is 0.223. The van der Waals surface area contributed by atoms with Crippen LogP contribution in [0.4, 0.5) is 4.39 Å². The van der Waals surface area contributed by atoms with Gasteiger partial charge in [0.1, 0.15) is 29.2 Å². The number of halogens is 2. The minimum atomic E-state index is -0.292. The second-order valence-corrected chi connectivity index (χ2v) is 7.35. The molecule has 0 radical (unpaired) electrons. The molecule has 2 N–H and O–H groups in total. The molecule has 0 aliphatic rings. The predicted molar refractivity (Wildman–Crippen MR) is 137 cm³/mol. The van der Waals surface area contributed by atoms with E-state index >= 15 is 0 Å². The maximum absolute atomic E-state index is 13.1. The van der Waals surface area contributed by atoms with Crippen molar-refractivity contribution < 1.29 is 13.9 Å². The minimum absolute atomic E-state index is 0. The first-order chi connectivity index (χ1) is 15.4. The summed E-state index contributed by atoms with van der Waals surface area (Å²) in [5, 5.41) is 14.9. The fraction of sp³-hybridized carbons (Fsp3) is 0.348. The van der Waals surface area contributed by atoms with Crippen molar-refractivity contribution in [1.29, 1.82) is 0 Å². The van der Waals surface area contributed by atoms with Crippen molar-refractivity contribution in [3.8, 4) is 11.5 Å². The molecule has 1 aromatic heterocycles. The summed E-state index contributed by atoms with van der Waals surface area (Å²) in [6.45, 7) is 5.30. The van der Waals surface area contributed by atoms with Gasteiger partial charge in [-0.05, 0) is 55.8 Å². The summed E-state index contributed by atoms with van der Waals surface area (Å²) in [6, 6.07) is 13.7. The van der Waals surface area contributed by atoms with Crippen LogP contribution < -0.4 is 20.1 Å². The first-order valence-electron chi connectivity index (χ1n) is 10.4. The Kier molecular flexibility index (Phi) is 10.4. The number of nitrogens with one attached hydrogen (secondary N) is 2. The Morgan fingerprint density at radius 2 is 1.73 bits per heavy atom. The van der Waals surface area contributed by atoms with Gasteiger partial charge in [0.05, 0.1) is 26.7 Å². The lowest BCUT2D eigenvalue weighted by Crippen LogP contribution is -2.42. The number of rotatable bonds is 9. The molecule has 0 aliphatic carbocycles. The first kappa shape index (κ1) is 26.4. The average Bonchev–Trinajstić information content (AvgIpc) is 3.12. The van der Waals surface area contributed by atoms with Gasteiger partial charge in [-0.25, -0.2) is 9.38 Å². The van der Waals surface area contributed by atoms with Gasteiger partial charge in [0.25, 0.3) is 0 Å². The van der Waals surface area contributed by atoms with Crippen molar-refractivity contribution in [3.05, 3.63) is 71.6 Å². The van der Waals surface area contributed by atoms with Crippen molar-refractivity contribution in [2.24, 2.45) is 12.0 Å². The number of methoxy groups -OCH3 is 1. The monoisotopic (exact) mass is 568 g/mol. The molecule has 2 aromatic carbocycles. The van der Waals surface area contributed by atoms with E-state index < -0.39 is 0 Å². The van der Waals surface area contributed by atoms with Crippen LogP contribution in [0.2, 0.25) is 0 Å². The maximum atomic E-state index is 13.1. The number of aliphatic imine (C=N–C) groups is 1. The zero-order valence-electron chi connectivity index (χ0n) is 19.2. The van der Waals surface area contributed by atoms with Gasteiger partial charge >= 0.3 is 0 Å². The minimum Gasteiger partial charge on any atom is -0.497 e. The summed E-state index contributed by atoms with van der Waals surface area (Å²) in [6.07, 6.45) is -0.162. The zero-order chi connectivity index (χ0) is 22.9. The van der Waals surface area contributed by atoms with Crippen molar-refractivity contribution in [3.63, 3.8) is 0 Å². The summed E-state index contributed by atoms with van der Waals surface area (Å²) in [5.74, 6) is 3.39. The van der Waals surface area contributed by atoms with Gasteiger partial charge in [-0.3, -0.25) is 0 Å². The molecule has 3 rings (SSSR count). The molecule has 0 amide bonds. The molecule has 0 saturated heterocycles. The van der Waals surface area contributed by atoms with Crippen LogP contribution in [0.15, 0.2) is 53.5 Å². The van der Waals surface area contributed by atoms with Crippen LogP contribution in [0.5, 0.6) is 11.5 Å². The van der Waals surface area contributed by atoms with Crippen LogP contribution in [-0.2, 0) is 20.1 Å². The Labute approximate surface area is 210 Å². The second kappa shape index (κ2) is 13.0. The highest BCUT2D eigenvalue weighted by Crippen LogP contribution is 2.13. The Morgan fingerprint density at radius 3 is 2.33 bits per heavy atom.